The number of ether oxygens (including phenoxy) is 1. The zero-order valence-electron chi connectivity index (χ0n) is 18.9. The van der Waals surface area contributed by atoms with E-state index in [-0.39, 0.29) is 24.1 Å². The van der Waals surface area contributed by atoms with Crippen molar-refractivity contribution in [1.82, 2.24) is 25.3 Å². The molecule has 34 heavy (non-hydrogen) atoms. The Labute approximate surface area is 200 Å². The minimum atomic E-state index is -1.12. The number of furan rings is 1. The van der Waals surface area contributed by atoms with E-state index in [9.17, 15) is 14.7 Å². The fraction of sp³-hybridized carbons (Fsp3) is 0.522. The highest BCUT2D eigenvalue weighted by Gasteiger charge is 2.43. The first-order valence-electron chi connectivity index (χ1n) is 11.4. The predicted octanol–water partition coefficient (Wildman–Crippen LogP) is 2.77. The highest BCUT2D eigenvalue weighted by molar-refractivity contribution is 7.09. The van der Waals surface area contributed by atoms with E-state index >= 15 is 0 Å². The molecule has 0 bridgehead atoms. The molecule has 3 aromatic heterocycles. The summed E-state index contributed by atoms with van der Waals surface area (Å²) in [5.41, 5.74) is 1.69. The molecule has 10 nitrogen and oxygen atoms in total. The molecule has 0 radical (unpaired) electrons. The Bertz CT molecular complexity index is 1170. The van der Waals surface area contributed by atoms with Gasteiger partial charge in [0.25, 0.3) is 0 Å². The van der Waals surface area contributed by atoms with Crippen LogP contribution in [0, 0.1) is 18.8 Å². The predicted molar refractivity (Wildman–Crippen MR) is 121 cm³/mol. The Balaban J connectivity index is 1.30. The summed E-state index contributed by atoms with van der Waals surface area (Å²) < 4.78 is 12.2. The fourth-order valence-corrected chi connectivity index (χ4v) is 5.56. The number of carbonyl (C=O) groups is 2. The van der Waals surface area contributed by atoms with E-state index in [1.54, 1.807) is 28.3 Å². The quantitative estimate of drug-likeness (QED) is 0.473. The first kappa shape index (κ1) is 22.7. The molecule has 4 heterocycles. The molecular formula is C23H27N5O5S. The van der Waals surface area contributed by atoms with Crippen molar-refractivity contribution in [2.24, 2.45) is 11.8 Å². The number of carboxylic acids is 1. The minimum Gasteiger partial charge on any atom is -0.475 e. The van der Waals surface area contributed by atoms with Gasteiger partial charge in [0.05, 0.1) is 24.0 Å². The zero-order valence-corrected chi connectivity index (χ0v) is 19.7. The topological polar surface area (TPSA) is 132 Å². The number of nitrogens with one attached hydrogen (secondary N) is 1. The second-order valence-corrected chi connectivity index (χ2v) is 9.97. The molecule has 180 valence electrons. The zero-order chi connectivity index (χ0) is 23.7. The van der Waals surface area contributed by atoms with Crippen LogP contribution < -0.4 is 5.32 Å². The van der Waals surface area contributed by atoms with Gasteiger partial charge in [-0.15, -0.1) is 16.4 Å². The molecule has 0 aromatic carbocycles. The summed E-state index contributed by atoms with van der Waals surface area (Å²) in [4.78, 5) is 29.5. The third-order valence-corrected chi connectivity index (χ3v) is 7.72. The lowest BCUT2D eigenvalue weighted by atomic mass is 9.88. The molecule has 1 unspecified atom stereocenters. The molecule has 0 spiro atoms. The van der Waals surface area contributed by atoms with Crippen LogP contribution in [0.4, 0.5) is 0 Å². The van der Waals surface area contributed by atoms with E-state index in [2.05, 4.69) is 15.6 Å². The molecule has 2 N–H and O–H groups in total. The summed E-state index contributed by atoms with van der Waals surface area (Å²) in [5, 5.41) is 23.9. The highest BCUT2D eigenvalue weighted by atomic mass is 32.1. The van der Waals surface area contributed by atoms with Crippen LogP contribution in [0.5, 0.6) is 0 Å². The molecule has 3 aromatic rings. The number of hydrogen-bond donors (Lipinski definition) is 2. The second kappa shape index (κ2) is 9.30. The number of aromatic carboxylic acids is 1. The Morgan fingerprint density at radius 2 is 2.15 bits per heavy atom. The number of carboxylic acid groups (broad SMARTS) is 1. The smallest absolute Gasteiger partial charge is 0.372 e. The van der Waals surface area contributed by atoms with Crippen LogP contribution in [0.2, 0.25) is 0 Å². The van der Waals surface area contributed by atoms with Gasteiger partial charge in [0.1, 0.15) is 5.01 Å². The van der Waals surface area contributed by atoms with Crippen LogP contribution in [0.1, 0.15) is 58.2 Å². The van der Waals surface area contributed by atoms with Crippen LogP contribution >= 0.6 is 11.3 Å². The first-order valence-corrected chi connectivity index (χ1v) is 12.3. The van der Waals surface area contributed by atoms with E-state index in [0.717, 1.165) is 23.5 Å². The fourth-order valence-electron chi connectivity index (χ4n) is 4.54. The van der Waals surface area contributed by atoms with Crippen LogP contribution in [0.25, 0.3) is 0 Å². The summed E-state index contributed by atoms with van der Waals surface area (Å²) >= 11 is 1.59. The number of carbonyl (C=O) groups excluding carboxylic acids is 1. The van der Waals surface area contributed by atoms with Gasteiger partial charge in [0.15, 0.2) is 0 Å². The van der Waals surface area contributed by atoms with E-state index in [1.807, 2.05) is 12.3 Å². The van der Waals surface area contributed by atoms with Gasteiger partial charge in [-0.2, -0.15) is 0 Å². The van der Waals surface area contributed by atoms with E-state index in [1.165, 1.54) is 6.26 Å². The van der Waals surface area contributed by atoms with Gasteiger partial charge in [-0.1, -0.05) is 5.21 Å². The molecule has 2 aliphatic rings. The van der Waals surface area contributed by atoms with Crippen LogP contribution in [-0.2, 0) is 28.0 Å². The number of hydrogen-bond acceptors (Lipinski definition) is 8. The van der Waals surface area contributed by atoms with E-state index < -0.39 is 11.5 Å². The maximum atomic E-state index is 13.6. The Morgan fingerprint density at radius 1 is 1.35 bits per heavy atom. The first-order chi connectivity index (χ1) is 16.4. The van der Waals surface area contributed by atoms with Gasteiger partial charge >= 0.3 is 5.97 Å². The van der Waals surface area contributed by atoms with Crippen LogP contribution in [0.3, 0.4) is 0 Å². The van der Waals surface area contributed by atoms with Crippen LogP contribution in [-0.4, -0.2) is 50.2 Å². The average molecular weight is 486 g/mol. The molecule has 5 rings (SSSR count). The van der Waals surface area contributed by atoms with Crippen molar-refractivity contribution >= 4 is 23.2 Å². The molecular weight excluding hydrogens is 458 g/mol. The molecule has 1 atom stereocenters. The molecule has 1 saturated carbocycles. The van der Waals surface area contributed by atoms with Crippen molar-refractivity contribution in [1.29, 1.82) is 0 Å². The van der Waals surface area contributed by atoms with E-state index in [4.69, 9.17) is 14.1 Å². The Kier molecular flexibility index (Phi) is 6.22. The number of rotatable bonds is 9. The number of thiazole rings is 1. The molecule has 2 fully saturated rings. The largest absolute Gasteiger partial charge is 0.475 e. The van der Waals surface area contributed by atoms with Crippen molar-refractivity contribution in [3.63, 3.8) is 0 Å². The molecule has 1 amide bonds. The third kappa shape index (κ3) is 4.76. The number of nitrogens with zero attached hydrogens (tertiary/aromatic N) is 4. The third-order valence-electron chi connectivity index (χ3n) is 6.55. The summed E-state index contributed by atoms with van der Waals surface area (Å²) in [6, 6.07) is 1.61. The standard InChI is InChI=1S/C23H27N5O5S/c1-14-13-34-22(24-14)23(5-8-32-9-6-23)25-20(29)18(15-2-3-15)10-17-12-28(27-26-17)11-16-4-7-33-19(16)21(30)31/h4,7,12-13,15,18H,2-3,5-6,8-11H2,1H3,(H,25,29)(H,30,31). The van der Waals surface area contributed by atoms with Crippen molar-refractivity contribution in [2.45, 2.75) is 51.1 Å². The lowest BCUT2D eigenvalue weighted by Gasteiger charge is -2.37. The van der Waals surface area contributed by atoms with Crippen LogP contribution in [0.15, 0.2) is 28.3 Å². The van der Waals surface area contributed by atoms with Gasteiger partial charge in [-0.25, -0.2) is 14.5 Å². The number of amides is 1. The summed E-state index contributed by atoms with van der Waals surface area (Å²) in [7, 11) is 0. The minimum absolute atomic E-state index is 0.0230. The normalized spacial score (nSPS) is 18.5. The molecule has 1 saturated heterocycles. The molecule has 11 heteroatoms. The van der Waals surface area contributed by atoms with E-state index in [0.29, 0.717) is 49.7 Å². The highest BCUT2D eigenvalue weighted by Crippen LogP contribution is 2.40. The van der Waals surface area contributed by atoms with Gasteiger partial charge < -0.3 is 19.6 Å². The maximum Gasteiger partial charge on any atom is 0.372 e. The van der Waals surface area contributed by atoms with Crippen molar-refractivity contribution < 1.29 is 23.8 Å². The van der Waals surface area contributed by atoms with Gasteiger partial charge in [-0.3, -0.25) is 4.79 Å². The number of aromatic nitrogens is 4. The van der Waals surface area contributed by atoms with Gasteiger partial charge in [-0.05, 0) is 31.7 Å². The lowest BCUT2D eigenvalue weighted by Crippen LogP contribution is -2.51. The number of aryl methyl sites for hydroxylation is 1. The summed E-state index contributed by atoms with van der Waals surface area (Å²) in [6.45, 7) is 3.38. The SMILES string of the molecule is Cc1csc(C2(NC(=O)C(Cc3cn(Cc4ccoc4C(=O)O)nn3)C3CC3)CCOCC2)n1. The monoisotopic (exact) mass is 485 g/mol. The van der Waals surface area contributed by atoms with Crippen molar-refractivity contribution in [3.05, 3.63) is 51.6 Å². The van der Waals surface area contributed by atoms with Gasteiger partial charge in [0.2, 0.25) is 11.7 Å². The molecule has 1 aliphatic carbocycles. The maximum absolute atomic E-state index is 13.6. The van der Waals surface area contributed by atoms with Gasteiger partial charge in [0, 0.05) is 61.2 Å². The van der Waals surface area contributed by atoms with Crippen molar-refractivity contribution in [2.75, 3.05) is 13.2 Å². The second-order valence-electron chi connectivity index (χ2n) is 9.11. The Hall–Kier alpha value is -3.05. The summed E-state index contributed by atoms with van der Waals surface area (Å²) in [6.07, 6.45) is 7.06. The lowest BCUT2D eigenvalue weighted by molar-refractivity contribution is -0.129. The average Bonchev–Trinajstić information content (AvgIpc) is 3.18. The van der Waals surface area contributed by atoms with Crippen molar-refractivity contribution in [3.8, 4) is 0 Å². The Morgan fingerprint density at radius 3 is 2.82 bits per heavy atom. The summed E-state index contributed by atoms with van der Waals surface area (Å²) in [5.74, 6) is -1.08. The molecule has 1 aliphatic heterocycles.